The van der Waals surface area contributed by atoms with Gasteiger partial charge in [0.15, 0.2) is 0 Å². The summed E-state index contributed by atoms with van der Waals surface area (Å²) in [5.41, 5.74) is 5.74. The van der Waals surface area contributed by atoms with Gasteiger partial charge in [0.05, 0.1) is 13.2 Å². The minimum atomic E-state index is -0.0176. The Hall–Kier alpha value is -0.650. The average molecular weight is 283 g/mol. The van der Waals surface area contributed by atoms with Crippen molar-refractivity contribution in [3.8, 4) is 0 Å². The van der Waals surface area contributed by atoms with Crippen molar-refractivity contribution in [3.63, 3.8) is 0 Å². The van der Waals surface area contributed by atoms with Gasteiger partial charge in [0, 0.05) is 31.1 Å². The molecule has 116 valence electrons. The van der Waals surface area contributed by atoms with Crippen LogP contribution in [0, 0.1) is 11.8 Å². The summed E-state index contributed by atoms with van der Waals surface area (Å²) in [5, 5.41) is 3.15. The number of nitrogens with one attached hydrogen (secondary N) is 1. The van der Waals surface area contributed by atoms with Gasteiger partial charge in [-0.15, -0.1) is 0 Å². The number of carbonyl (C=O) groups excluding carboxylic acids is 1. The molecule has 2 atom stereocenters. The first-order valence-corrected chi connectivity index (χ1v) is 7.85. The third kappa shape index (κ3) is 3.71. The highest BCUT2D eigenvalue weighted by Crippen LogP contribution is 2.31. The molecule has 20 heavy (non-hydrogen) atoms. The summed E-state index contributed by atoms with van der Waals surface area (Å²) in [7, 11) is 0. The summed E-state index contributed by atoms with van der Waals surface area (Å²) >= 11 is 0. The van der Waals surface area contributed by atoms with Gasteiger partial charge in [0.1, 0.15) is 0 Å². The number of hydrogen-bond acceptors (Lipinski definition) is 4. The Bertz CT molecular complexity index is 327. The summed E-state index contributed by atoms with van der Waals surface area (Å²) < 4.78 is 5.39. The standard InChI is InChI=1S/C15H29N3O2/c1-15(2,18-6-8-20-9-7-18)11-17-14(19)13-5-3-4-12(13)10-16/h12-13H,3-11,16H2,1-2H3,(H,17,19). The molecule has 2 rings (SSSR count). The quantitative estimate of drug-likeness (QED) is 0.775. The highest BCUT2D eigenvalue weighted by Gasteiger charge is 2.34. The number of amides is 1. The molecule has 0 spiro atoms. The zero-order chi connectivity index (χ0) is 14.6. The predicted octanol–water partition coefficient (Wildman–Crippen LogP) is 0.588. The fourth-order valence-corrected chi connectivity index (χ4v) is 3.38. The van der Waals surface area contributed by atoms with Crippen molar-refractivity contribution in [2.75, 3.05) is 39.4 Å². The molecule has 2 unspecified atom stereocenters. The molecule has 2 fully saturated rings. The van der Waals surface area contributed by atoms with E-state index in [-0.39, 0.29) is 17.4 Å². The van der Waals surface area contributed by atoms with Crippen molar-refractivity contribution < 1.29 is 9.53 Å². The maximum atomic E-state index is 12.3. The lowest BCUT2D eigenvalue weighted by Crippen LogP contribution is -2.56. The van der Waals surface area contributed by atoms with Gasteiger partial charge in [-0.1, -0.05) is 6.42 Å². The van der Waals surface area contributed by atoms with Crippen molar-refractivity contribution in [2.24, 2.45) is 17.6 Å². The molecule has 5 heteroatoms. The van der Waals surface area contributed by atoms with E-state index in [0.717, 1.165) is 45.6 Å². The van der Waals surface area contributed by atoms with Gasteiger partial charge >= 0.3 is 0 Å². The number of nitrogens with two attached hydrogens (primary N) is 1. The van der Waals surface area contributed by atoms with Crippen LogP contribution < -0.4 is 11.1 Å². The van der Waals surface area contributed by atoms with Crippen LogP contribution in [0.25, 0.3) is 0 Å². The van der Waals surface area contributed by atoms with Gasteiger partial charge in [-0.3, -0.25) is 9.69 Å². The molecule has 0 radical (unpaired) electrons. The molecular weight excluding hydrogens is 254 g/mol. The van der Waals surface area contributed by atoms with Crippen LogP contribution in [-0.4, -0.2) is 55.7 Å². The zero-order valence-electron chi connectivity index (χ0n) is 12.9. The number of hydrogen-bond donors (Lipinski definition) is 2. The molecule has 0 bridgehead atoms. The van der Waals surface area contributed by atoms with E-state index in [4.69, 9.17) is 10.5 Å². The number of carbonyl (C=O) groups is 1. The first kappa shape index (κ1) is 15.7. The molecular formula is C15H29N3O2. The molecule has 1 saturated heterocycles. The van der Waals surface area contributed by atoms with E-state index < -0.39 is 0 Å². The van der Waals surface area contributed by atoms with E-state index >= 15 is 0 Å². The molecule has 5 nitrogen and oxygen atoms in total. The molecule has 1 amide bonds. The van der Waals surface area contributed by atoms with Crippen molar-refractivity contribution >= 4 is 5.91 Å². The van der Waals surface area contributed by atoms with Crippen molar-refractivity contribution in [1.29, 1.82) is 0 Å². The van der Waals surface area contributed by atoms with E-state index in [2.05, 4.69) is 24.1 Å². The normalized spacial score (nSPS) is 28.6. The number of morpholine rings is 1. The Morgan fingerprint density at radius 1 is 1.35 bits per heavy atom. The van der Waals surface area contributed by atoms with Gasteiger partial charge in [-0.25, -0.2) is 0 Å². The lowest BCUT2D eigenvalue weighted by molar-refractivity contribution is -0.126. The van der Waals surface area contributed by atoms with Crippen LogP contribution in [0.15, 0.2) is 0 Å². The van der Waals surface area contributed by atoms with Crippen molar-refractivity contribution in [3.05, 3.63) is 0 Å². The van der Waals surface area contributed by atoms with E-state index in [0.29, 0.717) is 19.0 Å². The summed E-state index contributed by atoms with van der Waals surface area (Å²) in [4.78, 5) is 14.7. The second-order valence-corrected chi connectivity index (χ2v) is 6.66. The second kappa shape index (κ2) is 6.87. The van der Waals surface area contributed by atoms with Gasteiger partial charge < -0.3 is 15.8 Å². The Morgan fingerprint density at radius 2 is 2.05 bits per heavy atom. The Balaban J connectivity index is 1.82. The highest BCUT2D eigenvalue weighted by atomic mass is 16.5. The molecule has 0 aromatic rings. The molecule has 2 aliphatic rings. The van der Waals surface area contributed by atoms with Crippen molar-refractivity contribution in [2.45, 2.75) is 38.6 Å². The summed E-state index contributed by atoms with van der Waals surface area (Å²) in [6.45, 7) is 9.16. The van der Waals surface area contributed by atoms with E-state index in [1.54, 1.807) is 0 Å². The maximum absolute atomic E-state index is 12.3. The second-order valence-electron chi connectivity index (χ2n) is 6.66. The molecule has 3 N–H and O–H groups in total. The highest BCUT2D eigenvalue weighted by molar-refractivity contribution is 5.79. The number of nitrogens with zero attached hydrogens (tertiary/aromatic N) is 1. The summed E-state index contributed by atoms with van der Waals surface area (Å²) in [6.07, 6.45) is 3.22. The van der Waals surface area contributed by atoms with Crippen LogP contribution in [0.4, 0.5) is 0 Å². The minimum absolute atomic E-state index is 0.0176. The fraction of sp³-hybridized carbons (Fsp3) is 0.933. The maximum Gasteiger partial charge on any atom is 0.223 e. The Morgan fingerprint density at radius 3 is 2.70 bits per heavy atom. The van der Waals surface area contributed by atoms with Crippen LogP contribution >= 0.6 is 0 Å². The Kier molecular flexibility index (Phi) is 5.41. The predicted molar refractivity (Wildman–Crippen MR) is 79.4 cm³/mol. The van der Waals surface area contributed by atoms with Gasteiger partial charge in [-0.05, 0) is 39.2 Å². The molecule has 1 saturated carbocycles. The van der Waals surface area contributed by atoms with Crippen LogP contribution in [-0.2, 0) is 9.53 Å². The molecule has 1 aliphatic heterocycles. The Labute approximate surface area is 122 Å². The molecule has 1 heterocycles. The van der Waals surface area contributed by atoms with Crippen LogP contribution in [0.2, 0.25) is 0 Å². The average Bonchev–Trinajstić information content (AvgIpc) is 2.94. The van der Waals surface area contributed by atoms with Crippen LogP contribution in [0.3, 0.4) is 0 Å². The third-order valence-corrected chi connectivity index (χ3v) is 4.86. The molecule has 1 aliphatic carbocycles. The molecule has 0 aromatic heterocycles. The van der Waals surface area contributed by atoms with E-state index in [1.807, 2.05) is 0 Å². The smallest absolute Gasteiger partial charge is 0.223 e. The monoisotopic (exact) mass is 283 g/mol. The minimum Gasteiger partial charge on any atom is -0.379 e. The van der Waals surface area contributed by atoms with Gasteiger partial charge in [-0.2, -0.15) is 0 Å². The summed E-state index contributed by atoms with van der Waals surface area (Å²) in [5.74, 6) is 0.696. The number of rotatable bonds is 5. The van der Waals surface area contributed by atoms with E-state index in [1.165, 1.54) is 0 Å². The van der Waals surface area contributed by atoms with Crippen LogP contribution in [0.1, 0.15) is 33.1 Å². The first-order chi connectivity index (χ1) is 9.54. The topological polar surface area (TPSA) is 67.6 Å². The SMILES string of the molecule is CC(C)(CNC(=O)C1CCCC1CN)N1CCOCC1. The van der Waals surface area contributed by atoms with Crippen molar-refractivity contribution in [1.82, 2.24) is 10.2 Å². The molecule has 0 aromatic carbocycles. The van der Waals surface area contributed by atoms with E-state index in [9.17, 15) is 4.79 Å². The zero-order valence-corrected chi connectivity index (χ0v) is 12.9. The van der Waals surface area contributed by atoms with Crippen LogP contribution in [0.5, 0.6) is 0 Å². The van der Waals surface area contributed by atoms with Gasteiger partial charge in [0.2, 0.25) is 5.91 Å². The lowest BCUT2D eigenvalue weighted by atomic mass is 9.94. The lowest BCUT2D eigenvalue weighted by Gasteiger charge is -2.41. The largest absolute Gasteiger partial charge is 0.379 e. The first-order valence-electron chi connectivity index (χ1n) is 7.85. The fourth-order valence-electron chi connectivity index (χ4n) is 3.38. The number of ether oxygens (including phenoxy) is 1. The third-order valence-electron chi connectivity index (χ3n) is 4.86. The van der Waals surface area contributed by atoms with Gasteiger partial charge in [0.25, 0.3) is 0 Å². The summed E-state index contributed by atoms with van der Waals surface area (Å²) in [6, 6.07) is 0.